The van der Waals surface area contributed by atoms with Crippen molar-refractivity contribution in [3.05, 3.63) is 29.8 Å². The van der Waals surface area contributed by atoms with Crippen LogP contribution in [0.25, 0.3) is 0 Å². The molecule has 1 fully saturated rings. The summed E-state index contributed by atoms with van der Waals surface area (Å²) in [4.78, 5) is 3.88. The van der Waals surface area contributed by atoms with Crippen LogP contribution in [0.3, 0.4) is 0 Å². The van der Waals surface area contributed by atoms with Crippen molar-refractivity contribution >= 4 is 11.0 Å². The van der Waals surface area contributed by atoms with E-state index < -0.39 is 11.0 Å². The normalized spacial score (nSPS) is 23.2. The molecule has 3 nitrogen and oxygen atoms in total. The monoisotopic (exact) mass is 270 g/mol. The fraction of sp³-hybridized carbons (Fsp3) is 0.615. The van der Waals surface area contributed by atoms with Crippen LogP contribution in [-0.4, -0.2) is 24.8 Å². The van der Waals surface area contributed by atoms with Crippen LogP contribution in [0.15, 0.2) is 18.5 Å². The van der Waals surface area contributed by atoms with E-state index in [0.717, 1.165) is 24.9 Å². The van der Waals surface area contributed by atoms with E-state index in [4.69, 9.17) is 0 Å². The van der Waals surface area contributed by atoms with Crippen LogP contribution in [0.4, 0.5) is 4.39 Å². The number of hydrogen-bond donors (Lipinski definition) is 0. The third-order valence-electron chi connectivity index (χ3n) is 3.05. The summed E-state index contributed by atoms with van der Waals surface area (Å²) in [6.07, 6.45) is 4.77. The van der Waals surface area contributed by atoms with E-state index in [1.54, 1.807) is 6.20 Å². The number of nitrogens with zero attached hydrogens (tertiary/aromatic N) is 2. The second kappa shape index (κ2) is 5.05. The van der Waals surface area contributed by atoms with E-state index in [9.17, 15) is 8.60 Å². The zero-order valence-electron chi connectivity index (χ0n) is 11.0. The highest BCUT2D eigenvalue weighted by Gasteiger charge is 2.35. The van der Waals surface area contributed by atoms with Gasteiger partial charge in [0, 0.05) is 18.8 Å². The molecule has 0 amide bonds. The molecular formula is C13H19FN2OS. The number of aromatic nitrogens is 1. The molecule has 1 aromatic rings. The first-order chi connectivity index (χ1) is 8.39. The third-order valence-corrected chi connectivity index (χ3v) is 4.96. The van der Waals surface area contributed by atoms with E-state index in [-0.39, 0.29) is 16.6 Å². The zero-order chi connectivity index (χ0) is 13.3. The van der Waals surface area contributed by atoms with Gasteiger partial charge in [-0.1, -0.05) is 0 Å². The molecule has 0 spiro atoms. The van der Waals surface area contributed by atoms with Gasteiger partial charge in [0.25, 0.3) is 0 Å². The largest absolute Gasteiger partial charge is 0.261 e. The molecule has 0 radical (unpaired) electrons. The molecule has 0 N–H and O–H groups in total. The first-order valence-electron chi connectivity index (χ1n) is 6.18. The molecule has 18 heavy (non-hydrogen) atoms. The van der Waals surface area contributed by atoms with E-state index >= 15 is 0 Å². The van der Waals surface area contributed by atoms with Crippen molar-refractivity contribution in [3.8, 4) is 0 Å². The summed E-state index contributed by atoms with van der Waals surface area (Å²) in [6.45, 7) is 6.68. The summed E-state index contributed by atoms with van der Waals surface area (Å²) in [5, 5.41) is 0. The Morgan fingerprint density at radius 2 is 2.17 bits per heavy atom. The minimum Gasteiger partial charge on any atom is -0.261 e. The van der Waals surface area contributed by atoms with Crippen molar-refractivity contribution in [1.29, 1.82) is 0 Å². The van der Waals surface area contributed by atoms with Crippen molar-refractivity contribution in [2.24, 2.45) is 0 Å². The summed E-state index contributed by atoms with van der Waals surface area (Å²) in [5.41, 5.74) is 0.824. The topological polar surface area (TPSA) is 33.2 Å². The maximum atomic E-state index is 13.2. The second-order valence-corrected chi connectivity index (χ2v) is 7.79. The zero-order valence-corrected chi connectivity index (χ0v) is 11.8. The molecule has 2 atom stereocenters. The highest BCUT2D eigenvalue weighted by molar-refractivity contribution is 7.84. The van der Waals surface area contributed by atoms with Crippen molar-refractivity contribution in [1.82, 2.24) is 9.29 Å². The number of pyridine rings is 1. The highest BCUT2D eigenvalue weighted by atomic mass is 32.2. The fourth-order valence-corrected chi connectivity index (χ4v) is 3.69. The quantitative estimate of drug-likeness (QED) is 0.828. The predicted molar refractivity (Wildman–Crippen MR) is 70.8 cm³/mol. The van der Waals surface area contributed by atoms with Crippen LogP contribution in [0.5, 0.6) is 0 Å². The Kier molecular flexibility index (Phi) is 3.82. The Balaban J connectivity index is 2.25. The number of rotatable bonds is 2. The van der Waals surface area contributed by atoms with Crippen molar-refractivity contribution < 1.29 is 8.60 Å². The molecule has 0 saturated carbocycles. The maximum absolute atomic E-state index is 13.2. The summed E-state index contributed by atoms with van der Waals surface area (Å²) < 4.78 is 27.4. The van der Waals surface area contributed by atoms with Crippen LogP contribution < -0.4 is 0 Å². The van der Waals surface area contributed by atoms with Crippen LogP contribution >= 0.6 is 0 Å². The van der Waals surface area contributed by atoms with Crippen LogP contribution in [0.2, 0.25) is 0 Å². The van der Waals surface area contributed by atoms with Crippen molar-refractivity contribution in [2.45, 2.75) is 44.4 Å². The standard InChI is InChI=1S/C13H19FN2OS/c1-13(2,3)18(17)16-6-4-5-12(16)10-7-11(14)9-15-8-10/h7-9,12H,4-6H2,1-3H3/t12-,18?/m1/s1. The fourth-order valence-electron chi connectivity index (χ4n) is 2.23. The van der Waals surface area contributed by atoms with Gasteiger partial charge in [0.1, 0.15) is 16.8 Å². The molecular weight excluding hydrogens is 251 g/mol. The molecule has 5 heteroatoms. The third kappa shape index (κ3) is 2.78. The van der Waals surface area contributed by atoms with E-state index in [2.05, 4.69) is 4.98 Å². The van der Waals surface area contributed by atoms with Gasteiger partial charge in [-0.05, 0) is 45.2 Å². The lowest BCUT2D eigenvalue weighted by Gasteiger charge is -2.30. The lowest BCUT2D eigenvalue weighted by Crippen LogP contribution is -2.37. The lowest BCUT2D eigenvalue weighted by molar-refractivity contribution is 0.413. The Morgan fingerprint density at radius 1 is 1.44 bits per heavy atom. The molecule has 1 aromatic heterocycles. The van der Waals surface area contributed by atoms with Gasteiger partial charge >= 0.3 is 0 Å². The van der Waals surface area contributed by atoms with Gasteiger partial charge in [0.15, 0.2) is 0 Å². The molecule has 2 heterocycles. The maximum Gasteiger partial charge on any atom is 0.141 e. The average molecular weight is 270 g/mol. The Labute approximate surface area is 110 Å². The summed E-state index contributed by atoms with van der Waals surface area (Å²) >= 11 is 0. The summed E-state index contributed by atoms with van der Waals surface area (Å²) in [6, 6.07) is 1.52. The smallest absolute Gasteiger partial charge is 0.141 e. The molecule has 0 bridgehead atoms. The minimum atomic E-state index is -1.07. The lowest BCUT2D eigenvalue weighted by atomic mass is 10.1. The molecule has 1 unspecified atom stereocenters. The van der Waals surface area contributed by atoms with E-state index in [0.29, 0.717) is 0 Å². The first-order valence-corrected chi connectivity index (χ1v) is 7.29. The Bertz CT molecular complexity index is 459. The molecule has 1 saturated heterocycles. The van der Waals surface area contributed by atoms with Gasteiger partial charge in [-0.2, -0.15) is 0 Å². The van der Waals surface area contributed by atoms with Gasteiger partial charge in [-0.25, -0.2) is 12.9 Å². The molecule has 0 aliphatic carbocycles. The van der Waals surface area contributed by atoms with Gasteiger partial charge in [-0.3, -0.25) is 4.98 Å². The van der Waals surface area contributed by atoms with Gasteiger partial charge < -0.3 is 0 Å². The van der Waals surface area contributed by atoms with Crippen molar-refractivity contribution in [2.75, 3.05) is 6.54 Å². The molecule has 0 aromatic carbocycles. The Morgan fingerprint density at radius 3 is 2.78 bits per heavy atom. The Hall–Kier alpha value is -0.810. The van der Waals surface area contributed by atoms with Crippen LogP contribution in [0.1, 0.15) is 45.2 Å². The van der Waals surface area contributed by atoms with E-state index in [1.165, 1.54) is 12.3 Å². The second-order valence-electron chi connectivity index (χ2n) is 5.60. The van der Waals surface area contributed by atoms with Crippen LogP contribution in [0, 0.1) is 5.82 Å². The molecule has 1 aliphatic rings. The molecule has 2 rings (SSSR count). The molecule has 100 valence electrons. The van der Waals surface area contributed by atoms with Crippen LogP contribution in [-0.2, 0) is 11.0 Å². The van der Waals surface area contributed by atoms with Crippen molar-refractivity contribution in [3.63, 3.8) is 0 Å². The highest BCUT2D eigenvalue weighted by Crippen LogP contribution is 2.35. The van der Waals surface area contributed by atoms with Gasteiger partial charge in [-0.15, -0.1) is 0 Å². The summed E-state index contributed by atoms with van der Waals surface area (Å²) in [7, 11) is -1.07. The first kappa shape index (κ1) is 13.6. The van der Waals surface area contributed by atoms with Gasteiger partial charge in [0.2, 0.25) is 0 Å². The minimum absolute atomic E-state index is 0.0215. The predicted octanol–water partition coefficient (Wildman–Crippen LogP) is 2.82. The molecule has 1 aliphatic heterocycles. The van der Waals surface area contributed by atoms with Gasteiger partial charge in [0.05, 0.1) is 10.9 Å². The SMILES string of the molecule is CC(C)(C)S(=O)N1CCC[C@@H]1c1cncc(F)c1. The number of halogens is 1. The van der Waals surface area contributed by atoms with E-state index in [1.807, 2.05) is 25.1 Å². The average Bonchev–Trinajstić information content (AvgIpc) is 2.75. The summed E-state index contributed by atoms with van der Waals surface area (Å²) in [5.74, 6) is -0.333. The number of hydrogen-bond acceptors (Lipinski definition) is 2.